The Bertz CT molecular complexity index is 1090. The van der Waals surface area contributed by atoms with E-state index in [1.807, 2.05) is 30.3 Å². The summed E-state index contributed by atoms with van der Waals surface area (Å²) in [5, 5.41) is 8.02. The molecule has 2 aromatic heterocycles. The zero-order valence-corrected chi connectivity index (χ0v) is 13.2. The van der Waals surface area contributed by atoms with Gasteiger partial charge in [-0.15, -0.1) is 5.10 Å². The van der Waals surface area contributed by atoms with Gasteiger partial charge in [0.25, 0.3) is 5.56 Å². The van der Waals surface area contributed by atoms with Crippen LogP contribution in [0.5, 0.6) is 0 Å². The Balaban J connectivity index is 1.68. The highest BCUT2D eigenvalue weighted by molar-refractivity contribution is 5.67. The van der Waals surface area contributed by atoms with Gasteiger partial charge in [-0.25, -0.2) is 14.1 Å². The fourth-order valence-electron chi connectivity index (χ4n) is 2.69. The molecule has 25 heavy (non-hydrogen) atoms. The summed E-state index contributed by atoms with van der Waals surface area (Å²) in [6.07, 6.45) is 1.44. The molecule has 0 saturated heterocycles. The summed E-state index contributed by atoms with van der Waals surface area (Å²) in [7, 11) is 0. The normalized spacial score (nSPS) is 11.1. The van der Waals surface area contributed by atoms with E-state index in [0.29, 0.717) is 17.8 Å². The van der Waals surface area contributed by atoms with Crippen molar-refractivity contribution in [2.75, 3.05) is 0 Å². The SMILES string of the molecule is O=c1c2nnn(Cc3ccccc3)c2ncn1Cc1cccc(F)c1. The van der Waals surface area contributed by atoms with Gasteiger partial charge in [-0.2, -0.15) is 0 Å². The summed E-state index contributed by atoms with van der Waals surface area (Å²) < 4.78 is 16.3. The molecule has 4 rings (SSSR count). The highest BCUT2D eigenvalue weighted by Crippen LogP contribution is 2.09. The number of hydrogen-bond donors (Lipinski definition) is 0. The Labute approximate surface area is 142 Å². The first-order valence-corrected chi connectivity index (χ1v) is 7.78. The van der Waals surface area contributed by atoms with Crippen molar-refractivity contribution in [3.8, 4) is 0 Å². The fourth-order valence-corrected chi connectivity index (χ4v) is 2.69. The highest BCUT2D eigenvalue weighted by Gasteiger charge is 2.12. The van der Waals surface area contributed by atoms with Crippen molar-refractivity contribution in [3.05, 3.63) is 88.2 Å². The molecule has 4 aromatic rings. The smallest absolute Gasteiger partial charge is 0.283 e. The predicted octanol–water partition coefficient (Wildman–Crippen LogP) is 2.22. The quantitative estimate of drug-likeness (QED) is 0.574. The molecule has 0 aliphatic carbocycles. The summed E-state index contributed by atoms with van der Waals surface area (Å²) in [6, 6.07) is 15.9. The molecule has 0 amide bonds. The maximum atomic E-state index is 13.3. The third kappa shape index (κ3) is 3.03. The van der Waals surface area contributed by atoms with Gasteiger partial charge in [0.15, 0.2) is 11.2 Å². The van der Waals surface area contributed by atoms with Crippen LogP contribution in [0.3, 0.4) is 0 Å². The minimum atomic E-state index is -0.339. The molecule has 124 valence electrons. The second-order valence-corrected chi connectivity index (χ2v) is 5.71. The fraction of sp³-hybridized carbons (Fsp3) is 0.111. The van der Waals surface area contributed by atoms with Crippen LogP contribution in [-0.4, -0.2) is 24.5 Å². The molecule has 0 atom stereocenters. The molecule has 2 heterocycles. The predicted molar refractivity (Wildman–Crippen MR) is 90.6 cm³/mol. The number of halogens is 1. The van der Waals surface area contributed by atoms with Gasteiger partial charge < -0.3 is 0 Å². The van der Waals surface area contributed by atoms with E-state index in [4.69, 9.17) is 0 Å². The van der Waals surface area contributed by atoms with Gasteiger partial charge in [0, 0.05) is 0 Å². The van der Waals surface area contributed by atoms with E-state index < -0.39 is 0 Å². The molecule has 2 aromatic carbocycles. The first kappa shape index (κ1) is 15.2. The van der Waals surface area contributed by atoms with Gasteiger partial charge in [-0.05, 0) is 23.3 Å². The van der Waals surface area contributed by atoms with Crippen LogP contribution >= 0.6 is 0 Å². The zero-order chi connectivity index (χ0) is 17.2. The third-order valence-corrected chi connectivity index (χ3v) is 3.91. The van der Waals surface area contributed by atoms with Crippen molar-refractivity contribution in [3.63, 3.8) is 0 Å². The second-order valence-electron chi connectivity index (χ2n) is 5.71. The largest absolute Gasteiger partial charge is 0.293 e. The van der Waals surface area contributed by atoms with Crippen LogP contribution in [0.1, 0.15) is 11.1 Å². The maximum Gasteiger partial charge on any atom is 0.283 e. The van der Waals surface area contributed by atoms with E-state index in [1.54, 1.807) is 16.8 Å². The molecule has 0 N–H and O–H groups in total. The van der Waals surface area contributed by atoms with Crippen molar-refractivity contribution in [2.24, 2.45) is 0 Å². The molecule has 0 radical (unpaired) electrons. The van der Waals surface area contributed by atoms with Crippen LogP contribution < -0.4 is 5.56 Å². The topological polar surface area (TPSA) is 65.6 Å². The molecular weight excluding hydrogens is 321 g/mol. The standard InChI is InChI=1S/C18H14FN5O/c19-15-8-4-7-14(9-15)10-23-12-20-17-16(18(23)25)21-22-24(17)11-13-5-2-1-3-6-13/h1-9,12H,10-11H2. The summed E-state index contributed by atoms with van der Waals surface area (Å²) in [4.78, 5) is 16.9. The summed E-state index contributed by atoms with van der Waals surface area (Å²) >= 11 is 0. The molecule has 0 spiro atoms. The Morgan fingerprint density at radius 2 is 1.76 bits per heavy atom. The van der Waals surface area contributed by atoms with Gasteiger partial charge >= 0.3 is 0 Å². The van der Waals surface area contributed by atoms with E-state index >= 15 is 0 Å². The lowest BCUT2D eigenvalue weighted by Gasteiger charge is -2.06. The average Bonchev–Trinajstić information content (AvgIpc) is 3.02. The van der Waals surface area contributed by atoms with Gasteiger partial charge in [-0.3, -0.25) is 9.36 Å². The molecule has 0 fully saturated rings. The van der Waals surface area contributed by atoms with Crippen LogP contribution in [0.15, 0.2) is 65.7 Å². The lowest BCUT2D eigenvalue weighted by atomic mass is 10.2. The van der Waals surface area contributed by atoms with Crippen molar-refractivity contribution in [1.82, 2.24) is 24.5 Å². The third-order valence-electron chi connectivity index (χ3n) is 3.91. The number of rotatable bonds is 4. The lowest BCUT2D eigenvalue weighted by molar-refractivity contribution is 0.622. The molecule has 0 saturated carbocycles. The highest BCUT2D eigenvalue weighted by atomic mass is 19.1. The first-order chi connectivity index (χ1) is 12.2. The van der Waals surface area contributed by atoms with Crippen LogP contribution in [0, 0.1) is 5.82 Å². The van der Waals surface area contributed by atoms with E-state index in [1.165, 1.54) is 23.0 Å². The Kier molecular flexibility index (Phi) is 3.81. The molecular formula is C18H14FN5O. The summed E-state index contributed by atoms with van der Waals surface area (Å²) in [5.41, 5.74) is 2.06. The minimum Gasteiger partial charge on any atom is -0.293 e. The van der Waals surface area contributed by atoms with Gasteiger partial charge in [0.1, 0.15) is 12.1 Å². The molecule has 7 heteroatoms. The summed E-state index contributed by atoms with van der Waals surface area (Å²) in [6.45, 7) is 0.711. The monoisotopic (exact) mass is 335 g/mol. The minimum absolute atomic E-state index is 0.204. The molecule has 6 nitrogen and oxygen atoms in total. The molecule has 0 aliphatic heterocycles. The Hall–Kier alpha value is -3.35. The number of nitrogens with zero attached hydrogens (tertiary/aromatic N) is 5. The molecule has 0 unspecified atom stereocenters. The Morgan fingerprint density at radius 3 is 2.56 bits per heavy atom. The Morgan fingerprint density at radius 1 is 0.960 bits per heavy atom. The zero-order valence-electron chi connectivity index (χ0n) is 13.2. The van der Waals surface area contributed by atoms with E-state index in [-0.39, 0.29) is 23.4 Å². The van der Waals surface area contributed by atoms with Crippen LogP contribution in [0.2, 0.25) is 0 Å². The van der Waals surface area contributed by atoms with Crippen molar-refractivity contribution < 1.29 is 4.39 Å². The van der Waals surface area contributed by atoms with Crippen molar-refractivity contribution >= 4 is 11.2 Å². The van der Waals surface area contributed by atoms with Gasteiger partial charge in [0.05, 0.1) is 13.1 Å². The van der Waals surface area contributed by atoms with Crippen molar-refractivity contribution in [1.29, 1.82) is 0 Å². The average molecular weight is 335 g/mol. The summed E-state index contributed by atoms with van der Waals surface area (Å²) in [5.74, 6) is -0.339. The van der Waals surface area contributed by atoms with E-state index in [2.05, 4.69) is 15.3 Å². The number of benzene rings is 2. The molecule has 0 bridgehead atoms. The van der Waals surface area contributed by atoms with Gasteiger partial charge in [-0.1, -0.05) is 47.7 Å². The lowest BCUT2D eigenvalue weighted by Crippen LogP contribution is -2.21. The number of aromatic nitrogens is 5. The molecule has 0 aliphatic rings. The van der Waals surface area contributed by atoms with Crippen LogP contribution in [0.4, 0.5) is 4.39 Å². The van der Waals surface area contributed by atoms with E-state index in [9.17, 15) is 9.18 Å². The van der Waals surface area contributed by atoms with E-state index in [0.717, 1.165) is 5.56 Å². The van der Waals surface area contributed by atoms with Gasteiger partial charge in [0.2, 0.25) is 0 Å². The first-order valence-electron chi connectivity index (χ1n) is 7.78. The maximum absolute atomic E-state index is 13.3. The second kappa shape index (κ2) is 6.27. The van der Waals surface area contributed by atoms with Crippen LogP contribution in [-0.2, 0) is 13.1 Å². The van der Waals surface area contributed by atoms with Crippen molar-refractivity contribution in [2.45, 2.75) is 13.1 Å². The van der Waals surface area contributed by atoms with Crippen LogP contribution in [0.25, 0.3) is 11.2 Å². The number of fused-ring (bicyclic) bond motifs is 1. The number of hydrogen-bond acceptors (Lipinski definition) is 4.